The summed E-state index contributed by atoms with van der Waals surface area (Å²) >= 11 is 7.14. The summed E-state index contributed by atoms with van der Waals surface area (Å²) in [4.78, 5) is 15.0. The van der Waals surface area contributed by atoms with E-state index >= 15 is 0 Å². The number of rotatable bonds is 6. The van der Waals surface area contributed by atoms with Crippen LogP contribution in [-0.2, 0) is 6.42 Å². The minimum atomic E-state index is -0.303. The van der Waals surface area contributed by atoms with Crippen molar-refractivity contribution in [2.45, 2.75) is 25.7 Å². The van der Waals surface area contributed by atoms with E-state index in [0.29, 0.717) is 27.0 Å². The predicted octanol–water partition coefficient (Wildman–Crippen LogP) is 6.44. The van der Waals surface area contributed by atoms with Crippen molar-refractivity contribution < 1.29 is 9.18 Å². The molecule has 1 aliphatic rings. The fraction of sp³-hybridized carbons (Fsp3) is 0.250. The van der Waals surface area contributed by atoms with Crippen LogP contribution >= 0.6 is 22.9 Å². The number of likely N-dealkylation sites (tertiary alicyclic amines) is 1. The van der Waals surface area contributed by atoms with Crippen molar-refractivity contribution in [3.8, 4) is 11.1 Å². The van der Waals surface area contributed by atoms with E-state index in [2.05, 4.69) is 4.90 Å². The SMILES string of the molecule is N=C(c1ccc(-c2ccc(F)c(CCC(=O)c3ccc(Cl)s3)c2)cc1)N1CCCC1. The van der Waals surface area contributed by atoms with E-state index < -0.39 is 0 Å². The molecule has 2 heterocycles. The number of hydrogen-bond acceptors (Lipinski definition) is 3. The first-order valence-electron chi connectivity index (χ1n) is 10.0. The van der Waals surface area contributed by atoms with Crippen LogP contribution in [0.3, 0.4) is 0 Å². The van der Waals surface area contributed by atoms with Crippen molar-refractivity contribution in [2.24, 2.45) is 0 Å². The molecule has 0 amide bonds. The van der Waals surface area contributed by atoms with Gasteiger partial charge in [0.05, 0.1) is 9.21 Å². The van der Waals surface area contributed by atoms with Crippen molar-refractivity contribution in [3.63, 3.8) is 0 Å². The average Bonchev–Trinajstić information content (AvgIpc) is 3.45. The van der Waals surface area contributed by atoms with Crippen LogP contribution in [0.15, 0.2) is 54.6 Å². The van der Waals surface area contributed by atoms with Crippen LogP contribution in [0.4, 0.5) is 4.39 Å². The van der Waals surface area contributed by atoms with E-state index in [0.717, 1.165) is 42.6 Å². The second kappa shape index (κ2) is 9.11. The summed E-state index contributed by atoms with van der Waals surface area (Å²) in [5.41, 5.74) is 3.28. The monoisotopic (exact) mass is 440 g/mol. The Bertz CT molecular complexity index is 1070. The van der Waals surface area contributed by atoms with E-state index in [1.807, 2.05) is 30.3 Å². The number of nitrogens with zero attached hydrogens (tertiary/aromatic N) is 1. The van der Waals surface area contributed by atoms with E-state index in [1.54, 1.807) is 18.2 Å². The number of amidine groups is 1. The summed E-state index contributed by atoms with van der Waals surface area (Å²) < 4.78 is 14.9. The fourth-order valence-electron chi connectivity index (χ4n) is 3.73. The van der Waals surface area contributed by atoms with Gasteiger partial charge in [0.2, 0.25) is 0 Å². The number of carbonyl (C=O) groups excluding carboxylic acids is 1. The molecule has 4 rings (SSSR count). The maximum absolute atomic E-state index is 14.3. The molecule has 2 aromatic carbocycles. The van der Waals surface area contributed by atoms with Crippen LogP contribution in [0, 0.1) is 11.2 Å². The van der Waals surface area contributed by atoms with Gasteiger partial charge >= 0.3 is 0 Å². The number of Topliss-reactive ketones (excluding diaryl/α,β-unsaturated/α-hetero) is 1. The number of benzene rings is 2. The molecule has 30 heavy (non-hydrogen) atoms. The highest BCUT2D eigenvalue weighted by atomic mass is 35.5. The van der Waals surface area contributed by atoms with E-state index in [9.17, 15) is 9.18 Å². The molecule has 1 aliphatic heterocycles. The molecule has 0 aliphatic carbocycles. The number of hydrogen-bond donors (Lipinski definition) is 1. The summed E-state index contributed by atoms with van der Waals surface area (Å²) in [5.74, 6) is 0.232. The Kier molecular flexibility index (Phi) is 6.30. The summed E-state index contributed by atoms with van der Waals surface area (Å²) in [6.45, 7) is 1.89. The number of halogens is 2. The summed E-state index contributed by atoms with van der Waals surface area (Å²) in [5, 5.41) is 8.37. The Hall–Kier alpha value is -2.50. The molecule has 1 N–H and O–H groups in total. The van der Waals surface area contributed by atoms with Crippen LogP contribution in [0.5, 0.6) is 0 Å². The van der Waals surface area contributed by atoms with Crippen molar-refractivity contribution in [1.29, 1.82) is 5.41 Å². The number of carbonyl (C=O) groups is 1. The van der Waals surface area contributed by atoms with Crippen LogP contribution in [-0.4, -0.2) is 29.6 Å². The topological polar surface area (TPSA) is 44.2 Å². The van der Waals surface area contributed by atoms with Gasteiger partial charge in [0, 0.05) is 25.1 Å². The first-order valence-corrected chi connectivity index (χ1v) is 11.2. The molecule has 3 nitrogen and oxygen atoms in total. The van der Waals surface area contributed by atoms with Gasteiger partial charge in [0.25, 0.3) is 0 Å². The molecule has 1 fully saturated rings. The first kappa shape index (κ1) is 20.8. The molecule has 0 bridgehead atoms. The van der Waals surface area contributed by atoms with E-state index in [4.69, 9.17) is 17.0 Å². The van der Waals surface area contributed by atoms with Crippen molar-refractivity contribution >= 4 is 34.6 Å². The molecular formula is C24H22ClFN2OS. The molecule has 0 spiro atoms. The summed E-state index contributed by atoms with van der Waals surface area (Å²) in [6, 6.07) is 16.3. The first-order chi connectivity index (χ1) is 14.5. The Morgan fingerprint density at radius 1 is 1.03 bits per heavy atom. The molecule has 1 saturated heterocycles. The predicted molar refractivity (Wildman–Crippen MR) is 121 cm³/mol. The number of aryl methyl sites for hydroxylation is 1. The molecule has 154 valence electrons. The van der Waals surface area contributed by atoms with Gasteiger partial charge in [-0.15, -0.1) is 11.3 Å². The molecule has 0 unspecified atom stereocenters. The van der Waals surface area contributed by atoms with Crippen molar-refractivity contribution in [2.75, 3.05) is 13.1 Å². The average molecular weight is 441 g/mol. The molecule has 3 aromatic rings. The maximum Gasteiger partial charge on any atom is 0.173 e. The van der Waals surface area contributed by atoms with Crippen LogP contribution in [0.25, 0.3) is 11.1 Å². The third-order valence-corrected chi connectivity index (χ3v) is 6.70. The number of thiophene rings is 1. The highest BCUT2D eigenvalue weighted by Gasteiger charge is 2.16. The van der Waals surface area contributed by atoms with Crippen LogP contribution < -0.4 is 0 Å². The lowest BCUT2D eigenvalue weighted by Crippen LogP contribution is -2.27. The lowest BCUT2D eigenvalue weighted by atomic mass is 9.98. The Balaban J connectivity index is 1.47. The Morgan fingerprint density at radius 3 is 2.40 bits per heavy atom. The van der Waals surface area contributed by atoms with Gasteiger partial charge in [-0.25, -0.2) is 4.39 Å². The van der Waals surface area contributed by atoms with Gasteiger partial charge in [-0.3, -0.25) is 10.2 Å². The maximum atomic E-state index is 14.3. The largest absolute Gasteiger partial charge is 0.357 e. The summed E-state index contributed by atoms with van der Waals surface area (Å²) in [7, 11) is 0. The smallest absolute Gasteiger partial charge is 0.173 e. The van der Waals surface area contributed by atoms with Crippen LogP contribution in [0.2, 0.25) is 4.34 Å². The highest BCUT2D eigenvalue weighted by Crippen LogP contribution is 2.26. The van der Waals surface area contributed by atoms with Gasteiger partial charge in [-0.1, -0.05) is 41.9 Å². The minimum Gasteiger partial charge on any atom is -0.357 e. The standard InChI is InChI=1S/C24H22ClFN2OS/c25-23-12-11-22(30-23)21(29)10-8-19-15-18(7-9-20(19)26)16-3-5-17(6-4-16)24(27)28-13-1-2-14-28/h3-7,9,11-12,15,27H,1-2,8,10,13-14H2. The molecule has 6 heteroatoms. The second-order valence-corrected chi connectivity index (χ2v) is 9.17. The lowest BCUT2D eigenvalue weighted by molar-refractivity contribution is 0.0986. The van der Waals surface area contributed by atoms with Gasteiger partial charge in [0.1, 0.15) is 11.7 Å². The van der Waals surface area contributed by atoms with E-state index in [-0.39, 0.29) is 18.0 Å². The number of nitrogens with one attached hydrogen (secondary N) is 1. The molecule has 0 atom stereocenters. The van der Waals surface area contributed by atoms with Crippen molar-refractivity contribution in [3.05, 3.63) is 80.8 Å². The zero-order valence-corrected chi connectivity index (χ0v) is 18.0. The molecule has 1 aromatic heterocycles. The van der Waals surface area contributed by atoms with Gasteiger partial charge in [-0.05, 0) is 60.2 Å². The van der Waals surface area contributed by atoms with Gasteiger partial charge in [-0.2, -0.15) is 0 Å². The zero-order valence-electron chi connectivity index (χ0n) is 16.5. The normalized spacial score (nSPS) is 13.6. The molecular weight excluding hydrogens is 419 g/mol. The second-order valence-electron chi connectivity index (χ2n) is 7.45. The summed E-state index contributed by atoms with van der Waals surface area (Å²) in [6.07, 6.45) is 2.86. The lowest BCUT2D eigenvalue weighted by Gasteiger charge is -2.18. The van der Waals surface area contributed by atoms with Gasteiger partial charge in [0.15, 0.2) is 5.78 Å². The van der Waals surface area contributed by atoms with Crippen molar-refractivity contribution in [1.82, 2.24) is 4.90 Å². The molecule has 0 radical (unpaired) electrons. The third-order valence-electron chi connectivity index (χ3n) is 5.43. The number of ketones is 1. The van der Waals surface area contributed by atoms with E-state index in [1.165, 1.54) is 17.4 Å². The van der Waals surface area contributed by atoms with Crippen LogP contribution in [0.1, 0.15) is 40.1 Å². The minimum absolute atomic E-state index is 0.0264. The highest BCUT2D eigenvalue weighted by molar-refractivity contribution is 7.18. The Labute approximate surface area is 184 Å². The quantitative estimate of drug-likeness (QED) is 0.272. The molecule has 0 saturated carbocycles. The fourth-order valence-corrected chi connectivity index (χ4v) is 4.74. The van der Waals surface area contributed by atoms with Gasteiger partial charge < -0.3 is 4.90 Å². The Morgan fingerprint density at radius 2 is 1.73 bits per heavy atom. The third kappa shape index (κ3) is 4.63. The zero-order chi connectivity index (χ0) is 21.1.